The molecule has 0 aliphatic rings. The molecule has 0 aromatic heterocycles. The van der Waals surface area contributed by atoms with Gasteiger partial charge in [-0.25, -0.2) is 9.13 Å². The number of esters is 4. The van der Waals surface area contributed by atoms with Gasteiger partial charge in [-0.3, -0.25) is 37.3 Å². The molecule has 19 heteroatoms. The predicted octanol–water partition coefficient (Wildman–Crippen LogP) is 24.4. The van der Waals surface area contributed by atoms with E-state index >= 15 is 0 Å². The van der Waals surface area contributed by atoms with Gasteiger partial charge < -0.3 is 33.8 Å². The summed E-state index contributed by atoms with van der Waals surface area (Å²) in [7, 11) is -9.92. The summed E-state index contributed by atoms with van der Waals surface area (Å²) < 4.78 is 68.7. The Morgan fingerprint density at radius 2 is 0.460 bits per heavy atom. The van der Waals surface area contributed by atoms with E-state index in [9.17, 15) is 43.2 Å². The lowest BCUT2D eigenvalue weighted by molar-refractivity contribution is -0.161. The highest BCUT2D eigenvalue weighted by Gasteiger charge is 2.30. The third kappa shape index (κ3) is 74.3. The van der Waals surface area contributed by atoms with E-state index in [1.54, 1.807) is 0 Å². The molecular formula is C81H158O17P2. The van der Waals surface area contributed by atoms with E-state index in [1.807, 2.05) is 0 Å². The van der Waals surface area contributed by atoms with E-state index in [0.29, 0.717) is 25.7 Å². The van der Waals surface area contributed by atoms with Crippen molar-refractivity contribution in [2.45, 2.75) is 451 Å². The standard InChI is InChI=1S/C81H158O17P2/c1-6-9-12-15-18-21-24-26-28-30-32-34-36-38-40-46-51-56-61-66-80(85)97-77(71-92-79(84)65-60-55-50-45-39-37-35-33-31-29-27-25-22-19-16-13-10-7-2)73-96-100(89,90)94-69-75(82)68-93-99(87,88)95-72-76(70-91-78(83)64-59-54-49-44-23-20-17-14-11-8-3)98-81(86)67-62-57-52-47-42-41-43-48-53-58-63-74(4)5/h74-77,82H,6-73H2,1-5H3,(H,87,88)(H,89,90)/t75-,76+,77+/m0/s1. The number of aliphatic hydroxyl groups is 1. The van der Waals surface area contributed by atoms with Crippen LogP contribution in [-0.2, 0) is 65.4 Å². The molecule has 100 heavy (non-hydrogen) atoms. The van der Waals surface area contributed by atoms with Crippen molar-refractivity contribution in [3.8, 4) is 0 Å². The lowest BCUT2D eigenvalue weighted by Crippen LogP contribution is -2.30. The van der Waals surface area contributed by atoms with Crippen LogP contribution in [0.25, 0.3) is 0 Å². The second-order valence-electron chi connectivity index (χ2n) is 29.6. The zero-order chi connectivity index (χ0) is 73.4. The highest BCUT2D eigenvalue weighted by molar-refractivity contribution is 7.47. The molecule has 594 valence electrons. The summed E-state index contributed by atoms with van der Waals surface area (Å²) >= 11 is 0. The summed E-state index contributed by atoms with van der Waals surface area (Å²) in [5.74, 6) is -1.35. The maximum atomic E-state index is 13.1. The third-order valence-corrected chi connectivity index (χ3v) is 20.9. The van der Waals surface area contributed by atoms with Gasteiger partial charge in [-0.15, -0.1) is 0 Å². The maximum absolute atomic E-state index is 13.1. The van der Waals surface area contributed by atoms with Crippen molar-refractivity contribution in [2.75, 3.05) is 39.6 Å². The molecule has 3 N–H and O–H groups in total. The minimum Gasteiger partial charge on any atom is -0.462 e. The van der Waals surface area contributed by atoms with Gasteiger partial charge in [0, 0.05) is 25.7 Å². The second kappa shape index (κ2) is 73.9. The summed E-state index contributed by atoms with van der Waals surface area (Å²) in [6.07, 6.45) is 65.2. The quantitative estimate of drug-likeness (QED) is 0.0222. The number of aliphatic hydroxyl groups excluding tert-OH is 1. The monoisotopic (exact) mass is 1470 g/mol. The SMILES string of the molecule is CCCCCCCCCCCCCCCCCCCCCC(=O)O[C@H](COC(=O)CCCCCCCCCCCCCCCCCCCC)COP(=O)(O)OC[C@@H](O)COP(=O)(O)OC[C@@H](COC(=O)CCCCCCCCCCCC)OC(=O)CCCCCCCCCCCCC(C)C. The van der Waals surface area contributed by atoms with Crippen molar-refractivity contribution in [2.24, 2.45) is 5.92 Å². The molecule has 0 heterocycles. The van der Waals surface area contributed by atoms with E-state index in [1.165, 1.54) is 257 Å². The van der Waals surface area contributed by atoms with Crippen molar-refractivity contribution in [1.29, 1.82) is 0 Å². The van der Waals surface area contributed by atoms with Gasteiger partial charge in [0.15, 0.2) is 12.2 Å². The summed E-state index contributed by atoms with van der Waals surface area (Å²) in [6, 6.07) is 0. The molecule has 0 saturated heterocycles. The Kier molecular flexibility index (Phi) is 72.5. The van der Waals surface area contributed by atoms with Gasteiger partial charge in [0.1, 0.15) is 19.3 Å². The topological polar surface area (TPSA) is 237 Å². The average molecular weight is 1470 g/mol. The van der Waals surface area contributed by atoms with Crippen molar-refractivity contribution < 1.29 is 80.2 Å². The highest BCUT2D eigenvalue weighted by Crippen LogP contribution is 2.45. The summed E-state index contributed by atoms with van der Waals surface area (Å²) in [5.41, 5.74) is 0. The number of hydrogen-bond donors (Lipinski definition) is 3. The first-order valence-electron chi connectivity index (χ1n) is 42.1. The summed E-state index contributed by atoms with van der Waals surface area (Å²) in [6.45, 7) is 7.31. The highest BCUT2D eigenvalue weighted by atomic mass is 31.2. The van der Waals surface area contributed by atoms with E-state index < -0.39 is 97.5 Å². The first kappa shape index (κ1) is 98.1. The number of carbonyl (C=O) groups is 4. The summed E-state index contributed by atoms with van der Waals surface area (Å²) in [5, 5.41) is 10.6. The Labute approximate surface area is 613 Å². The predicted molar refractivity (Wildman–Crippen MR) is 409 cm³/mol. The molecule has 0 aromatic carbocycles. The average Bonchev–Trinajstić information content (AvgIpc) is 0.945. The number of phosphoric ester groups is 2. The molecule has 0 aromatic rings. The van der Waals surface area contributed by atoms with Gasteiger partial charge in [-0.2, -0.15) is 0 Å². The molecule has 0 bridgehead atoms. The first-order chi connectivity index (χ1) is 48.5. The maximum Gasteiger partial charge on any atom is 0.472 e. The van der Waals surface area contributed by atoms with Crippen LogP contribution in [0.4, 0.5) is 0 Å². The zero-order valence-corrected chi connectivity index (χ0v) is 67.1. The molecule has 0 saturated carbocycles. The molecule has 0 rings (SSSR count). The van der Waals surface area contributed by atoms with Crippen LogP contribution in [0.15, 0.2) is 0 Å². The lowest BCUT2D eigenvalue weighted by Gasteiger charge is -2.21. The zero-order valence-electron chi connectivity index (χ0n) is 65.3. The van der Waals surface area contributed by atoms with E-state index in [2.05, 4.69) is 34.6 Å². The van der Waals surface area contributed by atoms with Crippen LogP contribution in [0.2, 0.25) is 0 Å². The van der Waals surface area contributed by atoms with Crippen molar-refractivity contribution in [3.63, 3.8) is 0 Å². The third-order valence-electron chi connectivity index (χ3n) is 19.0. The summed E-state index contributed by atoms with van der Waals surface area (Å²) in [4.78, 5) is 73.0. The number of unbranched alkanes of at least 4 members (excludes halogenated alkanes) is 53. The number of carbonyl (C=O) groups excluding carboxylic acids is 4. The molecule has 5 atom stereocenters. The largest absolute Gasteiger partial charge is 0.472 e. The van der Waals surface area contributed by atoms with Crippen LogP contribution in [0.3, 0.4) is 0 Å². The molecule has 0 radical (unpaired) electrons. The first-order valence-corrected chi connectivity index (χ1v) is 45.1. The fourth-order valence-electron chi connectivity index (χ4n) is 12.6. The van der Waals surface area contributed by atoms with Gasteiger partial charge >= 0.3 is 39.5 Å². The fraction of sp³-hybridized carbons (Fsp3) is 0.951. The van der Waals surface area contributed by atoms with Crippen molar-refractivity contribution in [3.05, 3.63) is 0 Å². The Morgan fingerprint density at radius 1 is 0.270 bits per heavy atom. The van der Waals surface area contributed by atoms with Crippen molar-refractivity contribution >= 4 is 39.5 Å². The van der Waals surface area contributed by atoms with Crippen molar-refractivity contribution in [1.82, 2.24) is 0 Å². The molecule has 0 amide bonds. The smallest absolute Gasteiger partial charge is 0.462 e. The Balaban J connectivity index is 5.22. The van der Waals surface area contributed by atoms with Crippen LogP contribution >= 0.6 is 15.6 Å². The Morgan fingerprint density at radius 3 is 0.680 bits per heavy atom. The molecule has 2 unspecified atom stereocenters. The Bertz CT molecular complexity index is 1910. The molecule has 0 aliphatic carbocycles. The van der Waals surface area contributed by atoms with Gasteiger partial charge in [0.2, 0.25) is 0 Å². The molecule has 0 aliphatic heterocycles. The minimum absolute atomic E-state index is 0.107. The van der Waals surface area contributed by atoms with Gasteiger partial charge in [0.25, 0.3) is 0 Å². The van der Waals surface area contributed by atoms with Crippen LogP contribution in [0.5, 0.6) is 0 Å². The number of rotatable bonds is 81. The number of phosphoric acid groups is 2. The van der Waals surface area contributed by atoms with Crippen LogP contribution < -0.4 is 0 Å². The molecule has 0 fully saturated rings. The second-order valence-corrected chi connectivity index (χ2v) is 32.5. The molecular weight excluding hydrogens is 1310 g/mol. The Hall–Kier alpha value is -1.94. The van der Waals surface area contributed by atoms with E-state index in [4.69, 9.17) is 37.0 Å². The number of hydrogen-bond acceptors (Lipinski definition) is 15. The van der Waals surface area contributed by atoms with Crippen LogP contribution in [0, 0.1) is 5.92 Å². The van der Waals surface area contributed by atoms with Gasteiger partial charge in [-0.05, 0) is 31.6 Å². The minimum atomic E-state index is -4.96. The van der Waals surface area contributed by atoms with Gasteiger partial charge in [-0.1, -0.05) is 381 Å². The van der Waals surface area contributed by atoms with E-state index in [0.717, 1.165) is 95.8 Å². The van der Waals surface area contributed by atoms with Crippen LogP contribution in [-0.4, -0.2) is 96.7 Å². The number of ether oxygens (including phenoxy) is 4. The van der Waals surface area contributed by atoms with Gasteiger partial charge in [0.05, 0.1) is 26.4 Å². The molecule has 17 nitrogen and oxygen atoms in total. The normalized spacial score (nSPS) is 13.8. The molecule has 0 spiro atoms. The van der Waals surface area contributed by atoms with E-state index in [-0.39, 0.29) is 25.7 Å². The van der Waals surface area contributed by atoms with Crippen LogP contribution in [0.1, 0.15) is 433 Å². The fourth-order valence-corrected chi connectivity index (χ4v) is 14.2. The lowest BCUT2D eigenvalue weighted by atomic mass is 10.0.